The maximum Gasteiger partial charge on any atom is 0.0459 e. The maximum absolute atomic E-state index is 8.53. The Kier molecular flexibility index (Phi) is 17.1. The molecule has 2 N–H and O–H groups in total. The van der Waals surface area contributed by atoms with E-state index in [9.17, 15) is 0 Å². The van der Waals surface area contributed by atoms with Gasteiger partial charge in [-0.15, -0.1) is 0 Å². The molecule has 0 saturated carbocycles. The molecule has 0 aromatic rings. The van der Waals surface area contributed by atoms with Gasteiger partial charge in [0.1, 0.15) is 0 Å². The Bertz CT molecular complexity index is 104. The Morgan fingerprint density at radius 2 is 1.44 bits per heavy atom. The summed E-state index contributed by atoms with van der Waals surface area (Å²) in [5, 5.41) is 17.0. The van der Waals surface area contributed by atoms with E-state index in [2.05, 4.69) is 27.7 Å². The summed E-state index contributed by atoms with van der Waals surface area (Å²) >= 11 is 0. The fourth-order valence-corrected chi connectivity index (χ4v) is 1.39. The van der Waals surface area contributed by atoms with Crippen molar-refractivity contribution in [2.45, 2.75) is 66.2 Å². The second-order valence-corrected chi connectivity index (χ2v) is 4.83. The van der Waals surface area contributed by atoms with E-state index in [0.717, 1.165) is 25.2 Å². The van der Waals surface area contributed by atoms with E-state index in [1.54, 1.807) is 0 Å². The van der Waals surface area contributed by atoms with Crippen LogP contribution in [0.3, 0.4) is 0 Å². The van der Waals surface area contributed by atoms with Crippen molar-refractivity contribution >= 4 is 0 Å². The highest BCUT2D eigenvalue weighted by Gasteiger charge is 1.97. The van der Waals surface area contributed by atoms with Crippen LogP contribution in [0, 0.1) is 11.8 Å². The summed E-state index contributed by atoms with van der Waals surface area (Å²) in [5.41, 5.74) is 0. The topological polar surface area (TPSA) is 40.5 Å². The van der Waals surface area contributed by atoms with E-state index in [1.807, 2.05) is 0 Å². The van der Waals surface area contributed by atoms with Crippen molar-refractivity contribution < 1.29 is 10.2 Å². The van der Waals surface area contributed by atoms with Crippen molar-refractivity contribution in [2.24, 2.45) is 11.8 Å². The summed E-state index contributed by atoms with van der Waals surface area (Å²) in [7, 11) is 0. The smallest absolute Gasteiger partial charge is 0.0459 e. The highest BCUT2D eigenvalue weighted by molar-refractivity contribution is 4.48. The second kappa shape index (κ2) is 14.9. The third kappa shape index (κ3) is 16.4. The summed E-state index contributed by atoms with van der Waals surface area (Å²) in [5.74, 6) is 1.36. The van der Waals surface area contributed by atoms with Crippen LogP contribution in [0.5, 0.6) is 0 Å². The minimum atomic E-state index is 0.354. The zero-order valence-corrected chi connectivity index (χ0v) is 11.7. The van der Waals surface area contributed by atoms with Crippen molar-refractivity contribution in [3.8, 4) is 0 Å². The van der Waals surface area contributed by atoms with Gasteiger partial charge in [0.2, 0.25) is 0 Å². The third-order valence-corrected chi connectivity index (χ3v) is 2.85. The van der Waals surface area contributed by atoms with Gasteiger partial charge in [0.15, 0.2) is 0 Å². The Morgan fingerprint density at radius 1 is 0.875 bits per heavy atom. The van der Waals surface area contributed by atoms with Crippen molar-refractivity contribution in [3.05, 3.63) is 0 Å². The molecule has 0 atom stereocenters. The van der Waals surface area contributed by atoms with Gasteiger partial charge in [0, 0.05) is 13.2 Å². The molecule has 16 heavy (non-hydrogen) atoms. The van der Waals surface area contributed by atoms with Crippen LogP contribution in [0.15, 0.2) is 0 Å². The molecule has 2 nitrogen and oxygen atoms in total. The number of hydrogen-bond donors (Lipinski definition) is 2. The van der Waals surface area contributed by atoms with E-state index in [0.29, 0.717) is 19.1 Å². The van der Waals surface area contributed by atoms with Crippen LogP contribution in [0.2, 0.25) is 0 Å². The SMILES string of the molecule is CC(C)CCCCCO.CCC(CC)CO. The molecule has 0 radical (unpaired) electrons. The number of hydrogen-bond acceptors (Lipinski definition) is 2. The van der Waals surface area contributed by atoms with Crippen LogP contribution in [0.25, 0.3) is 0 Å². The van der Waals surface area contributed by atoms with Crippen molar-refractivity contribution in [2.75, 3.05) is 13.2 Å². The lowest BCUT2D eigenvalue weighted by molar-refractivity contribution is 0.219. The summed E-state index contributed by atoms with van der Waals surface area (Å²) in [6, 6.07) is 0. The Balaban J connectivity index is 0. The summed E-state index contributed by atoms with van der Waals surface area (Å²) in [6.45, 7) is 9.39. The highest BCUT2D eigenvalue weighted by Crippen LogP contribution is 2.07. The first-order valence-corrected chi connectivity index (χ1v) is 6.83. The first-order valence-electron chi connectivity index (χ1n) is 6.83. The van der Waals surface area contributed by atoms with Gasteiger partial charge < -0.3 is 10.2 Å². The van der Waals surface area contributed by atoms with Gasteiger partial charge in [-0.25, -0.2) is 0 Å². The van der Waals surface area contributed by atoms with Gasteiger partial charge in [0.25, 0.3) is 0 Å². The van der Waals surface area contributed by atoms with E-state index in [1.165, 1.54) is 19.3 Å². The second-order valence-electron chi connectivity index (χ2n) is 4.83. The van der Waals surface area contributed by atoms with Gasteiger partial charge >= 0.3 is 0 Å². The molecule has 0 amide bonds. The van der Waals surface area contributed by atoms with Crippen LogP contribution in [0.4, 0.5) is 0 Å². The predicted molar refractivity (Wildman–Crippen MR) is 71.5 cm³/mol. The molecule has 0 aromatic heterocycles. The minimum absolute atomic E-state index is 0.354. The average molecular weight is 232 g/mol. The quantitative estimate of drug-likeness (QED) is 0.628. The van der Waals surface area contributed by atoms with Crippen LogP contribution >= 0.6 is 0 Å². The first kappa shape index (κ1) is 18.3. The van der Waals surface area contributed by atoms with Crippen LogP contribution in [-0.2, 0) is 0 Å². The molecule has 0 aliphatic heterocycles. The van der Waals surface area contributed by atoms with E-state index in [-0.39, 0.29) is 0 Å². The molecule has 0 rings (SSSR count). The molecule has 100 valence electrons. The van der Waals surface area contributed by atoms with Crippen LogP contribution in [0.1, 0.15) is 66.2 Å². The normalized spacial score (nSPS) is 10.5. The van der Waals surface area contributed by atoms with Crippen LogP contribution < -0.4 is 0 Å². The Hall–Kier alpha value is -0.0800. The number of aliphatic hydroxyl groups is 2. The molecular weight excluding hydrogens is 200 g/mol. The molecule has 0 aliphatic rings. The Morgan fingerprint density at radius 3 is 1.69 bits per heavy atom. The highest BCUT2D eigenvalue weighted by atomic mass is 16.3. The third-order valence-electron chi connectivity index (χ3n) is 2.85. The standard InChI is InChI=1S/C8H18O.C6H14O/c1-8(2)6-4-3-5-7-9;1-3-6(4-2)5-7/h8-9H,3-7H2,1-2H3;6-7H,3-5H2,1-2H3. The summed E-state index contributed by atoms with van der Waals surface area (Å²) in [6.07, 6.45) is 6.96. The van der Waals surface area contributed by atoms with Crippen LogP contribution in [-0.4, -0.2) is 23.4 Å². The fraction of sp³-hybridized carbons (Fsp3) is 1.00. The molecule has 0 aromatic carbocycles. The summed E-state index contributed by atoms with van der Waals surface area (Å²) < 4.78 is 0. The van der Waals surface area contributed by atoms with E-state index in [4.69, 9.17) is 10.2 Å². The first-order chi connectivity index (χ1) is 7.62. The van der Waals surface area contributed by atoms with E-state index >= 15 is 0 Å². The van der Waals surface area contributed by atoms with Crippen molar-refractivity contribution in [1.82, 2.24) is 0 Å². The predicted octanol–water partition coefficient (Wildman–Crippen LogP) is 3.61. The largest absolute Gasteiger partial charge is 0.396 e. The maximum atomic E-state index is 8.53. The lowest BCUT2D eigenvalue weighted by Crippen LogP contribution is -2.01. The molecule has 0 bridgehead atoms. The fourth-order valence-electron chi connectivity index (χ4n) is 1.39. The monoisotopic (exact) mass is 232 g/mol. The van der Waals surface area contributed by atoms with Gasteiger partial charge in [-0.05, 0) is 18.3 Å². The molecule has 0 spiro atoms. The molecule has 0 unspecified atom stereocenters. The molecule has 0 aliphatic carbocycles. The summed E-state index contributed by atoms with van der Waals surface area (Å²) in [4.78, 5) is 0. The lowest BCUT2D eigenvalue weighted by atomic mass is 10.1. The minimum Gasteiger partial charge on any atom is -0.396 e. The Labute approximate surface area is 102 Å². The van der Waals surface area contributed by atoms with E-state index < -0.39 is 0 Å². The molecule has 0 saturated heterocycles. The number of rotatable bonds is 8. The number of unbranched alkanes of at least 4 members (excludes halogenated alkanes) is 2. The van der Waals surface area contributed by atoms with Crippen molar-refractivity contribution in [1.29, 1.82) is 0 Å². The zero-order valence-electron chi connectivity index (χ0n) is 11.7. The van der Waals surface area contributed by atoms with Gasteiger partial charge in [-0.2, -0.15) is 0 Å². The van der Waals surface area contributed by atoms with Gasteiger partial charge in [0.05, 0.1) is 0 Å². The average Bonchev–Trinajstić information content (AvgIpc) is 2.28. The molecular formula is C14H32O2. The van der Waals surface area contributed by atoms with Gasteiger partial charge in [-0.3, -0.25) is 0 Å². The molecule has 2 heteroatoms. The molecule has 0 heterocycles. The van der Waals surface area contributed by atoms with Gasteiger partial charge in [-0.1, -0.05) is 59.8 Å². The molecule has 0 fully saturated rings. The lowest BCUT2D eigenvalue weighted by Gasteiger charge is -2.04. The zero-order chi connectivity index (χ0) is 12.8. The number of aliphatic hydroxyl groups excluding tert-OH is 2. The van der Waals surface area contributed by atoms with Crippen molar-refractivity contribution in [3.63, 3.8) is 0 Å².